The second-order valence-corrected chi connectivity index (χ2v) is 5.41. The molecule has 5 nitrogen and oxygen atoms in total. The first-order valence-corrected chi connectivity index (χ1v) is 7.17. The smallest absolute Gasteiger partial charge is 0.240 e. The second kappa shape index (κ2) is 7.22. The van der Waals surface area contributed by atoms with Gasteiger partial charge in [-0.05, 0) is 32.4 Å². The van der Waals surface area contributed by atoms with E-state index in [0.717, 1.165) is 44.4 Å². The zero-order valence-corrected chi connectivity index (χ0v) is 12.1. The Morgan fingerprint density at radius 1 is 1.16 bits per heavy atom. The van der Waals surface area contributed by atoms with Gasteiger partial charge < -0.3 is 9.84 Å². The van der Waals surface area contributed by atoms with Gasteiger partial charge in [0.15, 0.2) is 5.82 Å². The van der Waals surface area contributed by atoms with Gasteiger partial charge in [0.05, 0.1) is 6.54 Å². The highest BCUT2D eigenvalue weighted by molar-refractivity contribution is 5.85. The maximum atomic E-state index is 5.40. The number of hydrogen-bond acceptors (Lipinski definition) is 5. The molecule has 0 bridgehead atoms. The zero-order chi connectivity index (χ0) is 12.2. The number of halogens is 1. The molecule has 6 heteroatoms. The van der Waals surface area contributed by atoms with Crippen LogP contribution in [0.4, 0.5) is 0 Å². The van der Waals surface area contributed by atoms with Crippen LogP contribution in [-0.4, -0.2) is 41.2 Å². The molecule has 2 aliphatic rings. The summed E-state index contributed by atoms with van der Waals surface area (Å²) in [7, 11) is 0. The summed E-state index contributed by atoms with van der Waals surface area (Å²) < 4.78 is 5.40. The van der Waals surface area contributed by atoms with Crippen LogP contribution in [-0.2, 0) is 6.54 Å². The fourth-order valence-corrected chi connectivity index (χ4v) is 2.93. The normalized spacial score (nSPS) is 22.1. The number of hydrogen-bond donors (Lipinski definition) is 1. The minimum Gasteiger partial charge on any atom is -0.338 e. The average molecular weight is 287 g/mol. The van der Waals surface area contributed by atoms with Gasteiger partial charge in [-0.25, -0.2) is 0 Å². The van der Waals surface area contributed by atoms with Crippen molar-refractivity contribution in [3.8, 4) is 0 Å². The quantitative estimate of drug-likeness (QED) is 0.920. The zero-order valence-electron chi connectivity index (χ0n) is 11.3. The molecule has 2 fully saturated rings. The summed E-state index contributed by atoms with van der Waals surface area (Å²) in [6.45, 7) is 5.17. The van der Waals surface area contributed by atoms with Crippen LogP contribution in [0.3, 0.4) is 0 Å². The van der Waals surface area contributed by atoms with Crippen molar-refractivity contribution in [3.05, 3.63) is 11.7 Å². The van der Waals surface area contributed by atoms with Gasteiger partial charge in [-0.3, -0.25) is 4.90 Å². The van der Waals surface area contributed by atoms with Gasteiger partial charge in [-0.15, -0.1) is 12.4 Å². The Labute approximate surface area is 120 Å². The van der Waals surface area contributed by atoms with Crippen molar-refractivity contribution >= 4 is 12.4 Å². The minimum absolute atomic E-state index is 0. The van der Waals surface area contributed by atoms with E-state index in [2.05, 4.69) is 20.4 Å². The molecule has 1 aromatic rings. The summed E-state index contributed by atoms with van der Waals surface area (Å²) in [4.78, 5) is 6.97. The Bertz CT molecular complexity index is 370. The Morgan fingerprint density at radius 2 is 2.00 bits per heavy atom. The van der Waals surface area contributed by atoms with E-state index in [-0.39, 0.29) is 12.4 Å². The predicted octanol–water partition coefficient (Wildman–Crippen LogP) is 1.94. The molecule has 19 heavy (non-hydrogen) atoms. The van der Waals surface area contributed by atoms with Crippen LogP contribution in [0.5, 0.6) is 0 Å². The van der Waals surface area contributed by atoms with Crippen molar-refractivity contribution in [3.63, 3.8) is 0 Å². The van der Waals surface area contributed by atoms with Crippen molar-refractivity contribution in [2.75, 3.05) is 26.2 Å². The lowest BCUT2D eigenvalue weighted by Crippen LogP contribution is -2.27. The minimum atomic E-state index is 0. The molecule has 0 amide bonds. The molecule has 0 spiro atoms. The summed E-state index contributed by atoms with van der Waals surface area (Å²) >= 11 is 0. The third-order valence-electron chi connectivity index (χ3n) is 4.00. The highest BCUT2D eigenvalue weighted by atomic mass is 35.5. The predicted molar refractivity (Wildman–Crippen MR) is 75.5 cm³/mol. The Hall–Kier alpha value is -0.650. The van der Waals surface area contributed by atoms with E-state index < -0.39 is 0 Å². The van der Waals surface area contributed by atoms with Crippen LogP contribution < -0.4 is 5.32 Å². The van der Waals surface area contributed by atoms with Gasteiger partial charge >= 0.3 is 0 Å². The molecule has 2 heterocycles. The SMILES string of the molecule is C1CCC(c2noc(CN3CCCNCC3)n2)C1.Cl. The Balaban J connectivity index is 0.00000133. The lowest BCUT2D eigenvalue weighted by molar-refractivity contribution is 0.238. The number of rotatable bonds is 3. The fourth-order valence-electron chi connectivity index (χ4n) is 2.93. The van der Waals surface area contributed by atoms with Gasteiger partial charge in [0, 0.05) is 19.0 Å². The first-order valence-electron chi connectivity index (χ1n) is 7.17. The molecular weight excluding hydrogens is 264 g/mol. The molecular formula is C13H23ClN4O. The molecule has 1 aliphatic carbocycles. The summed E-state index contributed by atoms with van der Waals surface area (Å²) in [5.41, 5.74) is 0. The monoisotopic (exact) mass is 286 g/mol. The molecule has 0 unspecified atom stereocenters. The highest BCUT2D eigenvalue weighted by Gasteiger charge is 2.22. The van der Waals surface area contributed by atoms with Crippen LogP contribution in [0.1, 0.15) is 49.7 Å². The van der Waals surface area contributed by atoms with E-state index in [1.807, 2.05) is 0 Å². The summed E-state index contributed by atoms with van der Waals surface area (Å²) in [5.74, 6) is 2.28. The topological polar surface area (TPSA) is 54.2 Å². The van der Waals surface area contributed by atoms with Crippen molar-refractivity contribution < 1.29 is 4.52 Å². The van der Waals surface area contributed by atoms with Crippen LogP contribution >= 0.6 is 12.4 Å². The Kier molecular flexibility index (Phi) is 5.60. The van der Waals surface area contributed by atoms with Crippen molar-refractivity contribution in [2.24, 2.45) is 0 Å². The lowest BCUT2D eigenvalue weighted by Gasteiger charge is -2.16. The molecule has 0 radical (unpaired) electrons. The third kappa shape index (κ3) is 3.91. The number of nitrogens with zero attached hydrogens (tertiary/aromatic N) is 3. The molecule has 0 aromatic carbocycles. The summed E-state index contributed by atoms with van der Waals surface area (Å²) in [6.07, 6.45) is 6.28. The van der Waals surface area contributed by atoms with Gasteiger partial charge in [-0.2, -0.15) is 4.98 Å². The third-order valence-corrected chi connectivity index (χ3v) is 4.00. The van der Waals surface area contributed by atoms with Crippen LogP contribution in [0.15, 0.2) is 4.52 Å². The van der Waals surface area contributed by atoms with Gasteiger partial charge in [0.25, 0.3) is 0 Å². The maximum absolute atomic E-state index is 5.40. The van der Waals surface area contributed by atoms with Gasteiger partial charge in [0.2, 0.25) is 5.89 Å². The van der Waals surface area contributed by atoms with E-state index in [4.69, 9.17) is 4.52 Å². The highest BCUT2D eigenvalue weighted by Crippen LogP contribution is 2.32. The van der Waals surface area contributed by atoms with Crippen molar-refractivity contribution in [2.45, 2.75) is 44.6 Å². The molecule has 3 rings (SSSR count). The molecule has 1 N–H and O–H groups in total. The number of aromatic nitrogens is 2. The lowest BCUT2D eigenvalue weighted by atomic mass is 10.1. The molecule has 1 saturated carbocycles. The van der Waals surface area contributed by atoms with Gasteiger partial charge in [0.1, 0.15) is 0 Å². The molecule has 108 valence electrons. The van der Waals surface area contributed by atoms with Crippen molar-refractivity contribution in [1.29, 1.82) is 0 Å². The molecule has 0 atom stereocenters. The van der Waals surface area contributed by atoms with E-state index in [9.17, 15) is 0 Å². The molecule has 1 saturated heterocycles. The van der Waals surface area contributed by atoms with E-state index in [0.29, 0.717) is 5.92 Å². The second-order valence-electron chi connectivity index (χ2n) is 5.41. The summed E-state index contributed by atoms with van der Waals surface area (Å²) in [5, 5.41) is 7.56. The van der Waals surface area contributed by atoms with Crippen LogP contribution in [0, 0.1) is 0 Å². The van der Waals surface area contributed by atoms with E-state index in [1.54, 1.807) is 0 Å². The first-order chi connectivity index (χ1) is 8.92. The summed E-state index contributed by atoms with van der Waals surface area (Å²) in [6, 6.07) is 0. The fraction of sp³-hybridized carbons (Fsp3) is 0.846. The van der Waals surface area contributed by atoms with Gasteiger partial charge in [-0.1, -0.05) is 18.0 Å². The number of nitrogens with one attached hydrogen (secondary N) is 1. The molecule has 1 aromatic heterocycles. The van der Waals surface area contributed by atoms with E-state index in [1.165, 1.54) is 32.1 Å². The first kappa shape index (κ1) is 14.8. The van der Waals surface area contributed by atoms with E-state index >= 15 is 0 Å². The van der Waals surface area contributed by atoms with Crippen LogP contribution in [0.2, 0.25) is 0 Å². The van der Waals surface area contributed by atoms with Crippen LogP contribution in [0.25, 0.3) is 0 Å². The van der Waals surface area contributed by atoms with Crippen molar-refractivity contribution in [1.82, 2.24) is 20.4 Å². The maximum Gasteiger partial charge on any atom is 0.240 e. The molecule has 1 aliphatic heterocycles. The standard InChI is InChI=1S/C13H22N4O.ClH/c1-2-5-11(4-1)13-15-12(18-16-13)10-17-8-3-6-14-7-9-17;/h11,14H,1-10H2;1H. The Morgan fingerprint density at radius 3 is 2.84 bits per heavy atom. The average Bonchev–Trinajstić information content (AvgIpc) is 2.98. The largest absolute Gasteiger partial charge is 0.338 e.